The van der Waals surface area contributed by atoms with Gasteiger partial charge in [-0.15, -0.1) is 11.8 Å². The Morgan fingerprint density at radius 3 is 2.00 bits per heavy atom. The highest BCUT2D eigenvalue weighted by atomic mass is 32.2. The van der Waals surface area contributed by atoms with E-state index in [2.05, 4.69) is 38.1 Å². The molecule has 0 heterocycles. The molecule has 0 saturated heterocycles. The molecule has 106 valence electrons. The molecular weight excluding hydrogens is 269 g/mol. The molecule has 0 radical (unpaired) electrons. The zero-order valence-corrected chi connectivity index (χ0v) is 12.7. The molecule has 2 aromatic rings. The van der Waals surface area contributed by atoms with Crippen molar-refractivity contribution in [3.63, 3.8) is 0 Å². The minimum absolute atomic E-state index is 0.153. The van der Waals surface area contributed by atoms with Crippen LogP contribution in [0.2, 0.25) is 0 Å². The Hall–Kier alpha value is -1.32. The van der Waals surface area contributed by atoms with Crippen molar-refractivity contribution in [2.75, 3.05) is 6.54 Å². The summed E-state index contributed by atoms with van der Waals surface area (Å²) in [6, 6.07) is 15.2. The summed E-state index contributed by atoms with van der Waals surface area (Å²) in [5.41, 5.74) is 8.25. The maximum Gasteiger partial charge on any atom is 0.123 e. The van der Waals surface area contributed by atoms with Crippen molar-refractivity contribution in [3.05, 3.63) is 65.5 Å². The number of hydrogen-bond donors (Lipinski definition) is 1. The Labute approximate surface area is 124 Å². The second kappa shape index (κ2) is 6.91. The molecule has 1 nitrogen and oxygen atoms in total. The number of nitrogens with two attached hydrogens (primary N) is 1. The fourth-order valence-electron chi connectivity index (χ4n) is 2.03. The molecule has 0 saturated carbocycles. The van der Waals surface area contributed by atoms with Crippen molar-refractivity contribution in [1.29, 1.82) is 0 Å². The number of halogens is 1. The van der Waals surface area contributed by atoms with Crippen LogP contribution in [0.25, 0.3) is 0 Å². The molecule has 2 N–H and O–H groups in total. The van der Waals surface area contributed by atoms with E-state index in [0.29, 0.717) is 12.5 Å². The van der Waals surface area contributed by atoms with E-state index in [4.69, 9.17) is 5.73 Å². The highest BCUT2D eigenvalue weighted by Gasteiger charge is 2.11. The Morgan fingerprint density at radius 2 is 1.50 bits per heavy atom. The lowest BCUT2D eigenvalue weighted by Crippen LogP contribution is -2.09. The molecule has 0 aliphatic rings. The zero-order chi connectivity index (χ0) is 14.5. The molecule has 0 bridgehead atoms. The average molecular weight is 289 g/mol. The highest BCUT2D eigenvalue weighted by Crippen LogP contribution is 2.35. The van der Waals surface area contributed by atoms with E-state index in [-0.39, 0.29) is 11.1 Å². The Bertz CT molecular complexity index is 534. The predicted octanol–water partition coefficient (Wildman–Crippen LogP) is 4.74. The summed E-state index contributed by atoms with van der Waals surface area (Å²) in [6.45, 7) is 4.90. The first kappa shape index (κ1) is 15.1. The van der Waals surface area contributed by atoms with Crippen molar-refractivity contribution in [2.45, 2.75) is 29.9 Å². The van der Waals surface area contributed by atoms with Gasteiger partial charge in [-0.25, -0.2) is 4.39 Å². The van der Waals surface area contributed by atoms with Crippen molar-refractivity contribution >= 4 is 11.8 Å². The number of rotatable bonds is 5. The van der Waals surface area contributed by atoms with Gasteiger partial charge in [0.25, 0.3) is 0 Å². The number of benzene rings is 2. The van der Waals surface area contributed by atoms with E-state index in [0.717, 1.165) is 5.56 Å². The van der Waals surface area contributed by atoms with Crippen LogP contribution in [0.5, 0.6) is 0 Å². The van der Waals surface area contributed by atoms with Crippen LogP contribution in [0.4, 0.5) is 4.39 Å². The van der Waals surface area contributed by atoms with E-state index < -0.39 is 0 Å². The Kier molecular flexibility index (Phi) is 5.21. The summed E-state index contributed by atoms with van der Waals surface area (Å²) < 4.78 is 13.0. The van der Waals surface area contributed by atoms with E-state index in [9.17, 15) is 4.39 Å². The SMILES string of the molecule is CC(C)c1ccc(SC(CN)c2ccc(F)cc2)cc1. The highest BCUT2D eigenvalue weighted by molar-refractivity contribution is 7.99. The molecular formula is C17H20FNS. The summed E-state index contributed by atoms with van der Waals surface area (Å²) >= 11 is 1.72. The van der Waals surface area contributed by atoms with Crippen LogP contribution >= 0.6 is 11.8 Å². The van der Waals surface area contributed by atoms with Crippen LogP contribution < -0.4 is 5.73 Å². The minimum Gasteiger partial charge on any atom is -0.329 e. The summed E-state index contributed by atoms with van der Waals surface area (Å²) in [5.74, 6) is 0.326. The van der Waals surface area contributed by atoms with Gasteiger partial charge in [-0.1, -0.05) is 38.1 Å². The first-order valence-electron chi connectivity index (χ1n) is 6.82. The zero-order valence-electron chi connectivity index (χ0n) is 11.8. The van der Waals surface area contributed by atoms with Gasteiger partial charge in [0.05, 0.1) is 0 Å². The number of thioether (sulfide) groups is 1. The monoisotopic (exact) mass is 289 g/mol. The normalized spacial score (nSPS) is 12.7. The minimum atomic E-state index is -0.212. The van der Waals surface area contributed by atoms with Crippen molar-refractivity contribution < 1.29 is 4.39 Å². The van der Waals surface area contributed by atoms with Crippen molar-refractivity contribution in [1.82, 2.24) is 0 Å². The molecule has 0 aromatic heterocycles. The largest absolute Gasteiger partial charge is 0.329 e. The van der Waals surface area contributed by atoms with Gasteiger partial charge in [0.2, 0.25) is 0 Å². The van der Waals surface area contributed by atoms with Gasteiger partial charge in [-0.2, -0.15) is 0 Å². The molecule has 1 atom stereocenters. The van der Waals surface area contributed by atoms with Gasteiger partial charge in [-0.3, -0.25) is 0 Å². The second-order valence-electron chi connectivity index (χ2n) is 5.12. The summed E-state index contributed by atoms with van der Waals surface area (Å²) in [6.07, 6.45) is 0. The van der Waals surface area contributed by atoms with Gasteiger partial charge in [0, 0.05) is 16.7 Å². The van der Waals surface area contributed by atoms with Crippen LogP contribution in [0.1, 0.15) is 36.1 Å². The van der Waals surface area contributed by atoms with Gasteiger partial charge in [0.1, 0.15) is 5.82 Å². The third-order valence-electron chi connectivity index (χ3n) is 3.28. The smallest absolute Gasteiger partial charge is 0.123 e. The van der Waals surface area contributed by atoms with Crippen LogP contribution in [0.3, 0.4) is 0 Å². The Morgan fingerprint density at radius 1 is 0.950 bits per heavy atom. The van der Waals surface area contributed by atoms with Crippen LogP contribution in [0, 0.1) is 5.82 Å². The van der Waals surface area contributed by atoms with Crippen LogP contribution in [0.15, 0.2) is 53.4 Å². The quantitative estimate of drug-likeness (QED) is 0.804. The van der Waals surface area contributed by atoms with Gasteiger partial charge < -0.3 is 5.73 Å². The van der Waals surface area contributed by atoms with Crippen LogP contribution in [-0.4, -0.2) is 6.54 Å². The molecule has 2 aromatic carbocycles. The van der Waals surface area contributed by atoms with Gasteiger partial charge in [0.15, 0.2) is 0 Å². The molecule has 0 amide bonds. The predicted molar refractivity (Wildman–Crippen MR) is 84.6 cm³/mol. The lowest BCUT2D eigenvalue weighted by Gasteiger charge is -2.15. The average Bonchev–Trinajstić information content (AvgIpc) is 2.46. The molecule has 0 fully saturated rings. The lowest BCUT2D eigenvalue weighted by atomic mass is 10.0. The van der Waals surface area contributed by atoms with Gasteiger partial charge >= 0.3 is 0 Å². The van der Waals surface area contributed by atoms with Crippen LogP contribution in [-0.2, 0) is 0 Å². The first-order chi connectivity index (χ1) is 9.60. The number of hydrogen-bond acceptors (Lipinski definition) is 2. The maximum absolute atomic E-state index is 13.0. The topological polar surface area (TPSA) is 26.0 Å². The summed E-state index contributed by atoms with van der Waals surface area (Å²) in [5, 5.41) is 0.153. The van der Waals surface area contributed by atoms with E-state index >= 15 is 0 Å². The fourth-order valence-corrected chi connectivity index (χ4v) is 3.04. The lowest BCUT2D eigenvalue weighted by molar-refractivity contribution is 0.627. The van der Waals surface area contributed by atoms with E-state index in [1.807, 2.05) is 12.1 Å². The van der Waals surface area contributed by atoms with E-state index in [1.54, 1.807) is 11.8 Å². The molecule has 1 unspecified atom stereocenters. The molecule has 0 spiro atoms. The fraction of sp³-hybridized carbons (Fsp3) is 0.294. The van der Waals surface area contributed by atoms with Gasteiger partial charge in [-0.05, 0) is 41.3 Å². The summed E-state index contributed by atoms with van der Waals surface area (Å²) in [4.78, 5) is 1.19. The molecule has 3 heteroatoms. The molecule has 0 aliphatic heterocycles. The molecule has 0 aliphatic carbocycles. The van der Waals surface area contributed by atoms with E-state index in [1.165, 1.54) is 22.6 Å². The Balaban J connectivity index is 2.11. The molecule has 20 heavy (non-hydrogen) atoms. The first-order valence-corrected chi connectivity index (χ1v) is 7.70. The third-order valence-corrected chi connectivity index (χ3v) is 4.57. The standard InChI is InChI=1S/C17H20FNS/c1-12(2)13-5-9-16(10-6-13)20-17(11-19)14-3-7-15(18)8-4-14/h3-10,12,17H,11,19H2,1-2H3. The van der Waals surface area contributed by atoms with Crippen molar-refractivity contribution in [3.8, 4) is 0 Å². The third kappa shape index (κ3) is 3.84. The molecule has 2 rings (SSSR count). The second-order valence-corrected chi connectivity index (χ2v) is 6.39. The maximum atomic E-state index is 13.0. The summed E-state index contributed by atoms with van der Waals surface area (Å²) in [7, 11) is 0. The van der Waals surface area contributed by atoms with Crippen molar-refractivity contribution in [2.24, 2.45) is 5.73 Å².